The van der Waals surface area contributed by atoms with Gasteiger partial charge in [0.1, 0.15) is 16.5 Å². The first kappa shape index (κ1) is 21.5. The second-order valence-corrected chi connectivity index (χ2v) is 8.94. The van der Waals surface area contributed by atoms with E-state index in [2.05, 4.69) is 67.3 Å². The summed E-state index contributed by atoms with van der Waals surface area (Å²) in [5.41, 5.74) is 3.77. The van der Waals surface area contributed by atoms with Crippen molar-refractivity contribution in [2.24, 2.45) is 0 Å². The number of fused-ring (bicyclic) bond motifs is 1. The fourth-order valence-corrected chi connectivity index (χ4v) is 4.82. The number of benzene rings is 1. The standard InChI is InChI=1S/C24H30N6S/c1-5-29(6-2)16-21-27-23(22-17(3)18(4)31-24(22)28-21)25-14-19-10-7-8-11-20(19)15-30-13-9-12-26-30/h7-13H,5-6,14-16H2,1-4H3,(H,25,27,28). The lowest BCUT2D eigenvalue weighted by molar-refractivity contribution is 0.289. The smallest absolute Gasteiger partial charge is 0.146 e. The fourth-order valence-electron chi connectivity index (χ4n) is 3.77. The van der Waals surface area contributed by atoms with Crippen molar-refractivity contribution >= 4 is 27.4 Å². The highest BCUT2D eigenvalue weighted by atomic mass is 32.1. The molecule has 4 aromatic rings. The van der Waals surface area contributed by atoms with E-state index < -0.39 is 0 Å². The first-order valence-electron chi connectivity index (χ1n) is 10.9. The second-order valence-electron chi connectivity index (χ2n) is 7.74. The van der Waals surface area contributed by atoms with Crippen molar-refractivity contribution in [3.8, 4) is 0 Å². The maximum Gasteiger partial charge on any atom is 0.146 e. The molecule has 162 valence electrons. The molecule has 0 aliphatic rings. The third-order valence-electron chi connectivity index (χ3n) is 5.79. The van der Waals surface area contributed by atoms with Gasteiger partial charge in [-0.1, -0.05) is 38.1 Å². The molecular weight excluding hydrogens is 404 g/mol. The highest BCUT2D eigenvalue weighted by Gasteiger charge is 2.16. The molecule has 0 saturated heterocycles. The maximum atomic E-state index is 4.96. The molecule has 0 unspecified atom stereocenters. The third-order valence-corrected chi connectivity index (χ3v) is 6.89. The van der Waals surface area contributed by atoms with Crippen molar-refractivity contribution in [2.45, 2.75) is 47.3 Å². The van der Waals surface area contributed by atoms with E-state index in [-0.39, 0.29) is 0 Å². The lowest BCUT2D eigenvalue weighted by Gasteiger charge is -2.18. The zero-order valence-corrected chi connectivity index (χ0v) is 19.5. The van der Waals surface area contributed by atoms with E-state index in [9.17, 15) is 0 Å². The molecule has 3 aromatic heterocycles. The van der Waals surface area contributed by atoms with E-state index in [1.54, 1.807) is 11.3 Å². The summed E-state index contributed by atoms with van der Waals surface area (Å²) < 4.78 is 1.95. The molecule has 0 aliphatic heterocycles. The molecule has 1 aromatic carbocycles. The van der Waals surface area contributed by atoms with Crippen LogP contribution in [-0.4, -0.2) is 37.7 Å². The van der Waals surface area contributed by atoms with E-state index in [0.29, 0.717) is 6.54 Å². The van der Waals surface area contributed by atoms with Crippen LogP contribution in [0.2, 0.25) is 0 Å². The van der Waals surface area contributed by atoms with Gasteiger partial charge in [-0.2, -0.15) is 5.10 Å². The van der Waals surface area contributed by atoms with Crippen LogP contribution in [0.25, 0.3) is 10.2 Å². The van der Waals surface area contributed by atoms with E-state index in [1.807, 2.05) is 23.1 Å². The summed E-state index contributed by atoms with van der Waals surface area (Å²) in [5, 5.41) is 9.14. The number of rotatable bonds is 9. The topological polar surface area (TPSA) is 58.9 Å². The van der Waals surface area contributed by atoms with Gasteiger partial charge in [0.25, 0.3) is 0 Å². The molecule has 0 atom stereocenters. The Balaban J connectivity index is 1.63. The van der Waals surface area contributed by atoms with Crippen LogP contribution in [0.4, 0.5) is 5.82 Å². The van der Waals surface area contributed by atoms with Gasteiger partial charge in [-0.15, -0.1) is 11.3 Å². The predicted molar refractivity (Wildman–Crippen MR) is 129 cm³/mol. The van der Waals surface area contributed by atoms with Crippen LogP contribution in [0.15, 0.2) is 42.7 Å². The molecule has 0 saturated carbocycles. The summed E-state index contributed by atoms with van der Waals surface area (Å²) in [7, 11) is 0. The van der Waals surface area contributed by atoms with Crippen molar-refractivity contribution in [1.29, 1.82) is 0 Å². The normalized spacial score (nSPS) is 11.5. The van der Waals surface area contributed by atoms with Crippen LogP contribution in [0.5, 0.6) is 0 Å². The number of hydrogen-bond acceptors (Lipinski definition) is 6. The van der Waals surface area contributed by atoms with Crippen molar-refractivity contribution in [3.05, 3.63) is 70.1 Å². The lowest BCUT2D eigenvalue weighted by Crippen LogP contribution is -2.23. The van der Waals surface area contributed by atoms with Crippen molar-refractivity contribution < 1.29 is 0 Å². The first-order valence-corrected chi connectivity index (χ1v) is 11.7. The van der Waals surface area contributed by atoms with Gasteiger partial charge in [0.05, 0.1) is 18.5 Å². The minimum Gasteiger partial charge on any atom is -0.365 e. The van der Waals surface area contributed by atoms with E-state index in [1.165, 1.54) is 21.6 Å². The second kappa shape index (κ2) is 9.58. The molecule has 0 aliphatic carbocycles. The Hall–Kier alpha value is -2.77. The van der Waals surface area contributed by atoms with Gasteiger partial charge in [-0.25, -0.2) is 9.97 Å². The number of nitrogens with zero attached hydrogens (tertiary/aromatic N) is 5. The monoisotopic (exact) mass is 434 g/mol. The van der Waals surface area contributed by atoms with Crippen LogP contribution < -0.4 is 5.32 Å². The first-order chi connectivity index (χ1) is 15.1. The maximum absolute atomic E-state index is 4.96. The van der Waals surface area contributed by atoms with Gasteiger partial charge in [0, 0.05) is 23.8 Å². The number of nitrogens with one attached hydrogen (secondary N) is 1. The Morgan fingerprint density at radius 2 is 1.81 bits per heavy atom. The molecule has 6 nitrogen and oxygen atoms in total. The summed E-state index contributed by atoms with van der Waals surface area (Å²) in [6.45, 7) is 12.9. The average Bonchev–Trinajstić information content (AvgIpc) is 3.39. The molecule has 0 fully saturated rings. The minimum absolute atomic E-state index is 0.711. The lowest BCUT2D eigenvalue weighted by atomic mass is 10.1. The van der Waals surface area contributed by atoms with E-state index in [0.717, 1.165) is 48.0 Å². The molecule has 4 rings (SSSR count). The Morgan fingerprint density at radius 3 is 2.52 bits per heavy atom. The predicted octanol–water partition coefficient (Wildman–Crippen LogP) is 5.01. The Bertz CT molecular complexity index is 1140. The van der Waals surface area contributed by atoms with Crippen LogP contribution >= 0.6 is 11.3 Å². The molecule has 1 N–H and O–H groups in total. The summed E-state index contributed by atoms with van der Waals surface area (Å²) in [6, 6.07) is 10.5. The number of hydrogen-bond donors (Lipinski definition) is 1. The molecular formula is C24H30N6S. The zero-order valence-electron chi connectivity index (χ0n) is 18.7. The van der Waals surface area contributed by atoms with Crippen LogP contribution in [0.1, 0.15) is 41.2 Å². The highest BCUT2D eigenvalue weighted by Crippen LogP contribution is 2.33. The third kappa shape index (κ3) is 4.78. The Kier molecular flexibility index (Phi) is 6.63. The van der Waals surface area contributed by atoms with Gasteiger partial charge in [-0.05, 0) is 49.7 Å². The number of thiophene rings is 1. The molecule has 0 bridgehead atoms. The fraction of sp³-hybridized carbons (Fsp3) is 0.375. The van der Waals surface area contributed by atoms with Gasteiger partial charge < -0.3 is 5.32 Å². The molecule has 0 amide bonds. The summed E-state index contributed by atoms with van der Waals surface area (Å²) in [6.07, 6.45) is 3.81. The van der Waals surface area contributed by atoms with Gasteiger partial charge in [0.15, 0.2) is 0 Å². The highest BCUT2D eigenvalue weighted by molar-refractivity contribution is 7.18. The van der Waals surface area contributed by atoms with Gasteiger partial charge in [0.2, 0.25) is 0 Å². The molecule has 0 spiro atoms. The number of anilines is 1. The number of aryl methyl sites for hydroxylation is 2. The Labute approximate surface area is 188 Å². The van der Waals surface area contributed by atoms with Crippen molar-refractivity contribution in [1.82, 2.24) is 24.6 Å². The van der Waals surface area contributed by atoms with Crippen molar-refractivity contribution in [3.63, 3.8) is 0 Å². The van der Waals surface area contributed by atoms with Gasteiger partial charge in [-0.3, -0.25) is 9.58 Å². The summed E-state index contributed by atoms with van der Waals surface area (Å²) in [4.78, 5) is 14.6. The van der Waals surface area contributed by atoms with E-state index in [4.69, 9.17) is 9.97 Å². The molecule has 7 heteroatoms. The summed E-state index contributed by atoms with van der Waals surface area (Å²) in [5.74, 6) is 1.81. The zero-order chi connectivity index (χ0) is 21.8. The van der Waals surface area contributed by atoms with Crippen LogP contribution in [0.3, 0.4) is 0 Å². The Morgan fingerprint density at radius 1 is 1.03 bits per heavy atom. The summed E-state index contributed by atoms with van der Waals surface area (Å²) >= 11 is 1.76. The number of aromatic nitrogens is 4. The van der Waals surface area contributed by atoms with Crippen LogP contribution in [-0.2, 0) is 19.6 Å². The molecule has 31 heavy (non-hydrogen) atoms. The minimum atomic E-state index is 0.711. The van der Waals surface area contributed by atoms with E-state index >= 15 is 0 Å². The largest absolute Gasteiger partial charge is 0.365 e. The molecule has 0 radical (unpaired) electrons. The SMILES string of the molecule is CCN(CC)Cc1nc(NCc2ccccc2Cn2cccn2)c2c(C)c(C)sc2n1. The average molecular weight is 435 g/mol. The quantitative estimate of drug-likeness (QED) is 0.401. The molecule has 3 heterocycles. The van der Waals surface area contributed by atoms with Gasteiger partial charge >= 0.3 is 0 Å². The van der Waals surface area contributed by atoms with Crippen LogP contribution in [0, 0.1) is 13.8 Å². The van der Waals surface area contributed by atoms with Crippen molar-refractivity contribution in [2.75, 3.05) is 18.4 Å².